The summed E-state index contributed by atoms with van der Waals surface area (Å²) in [5.41, 5.74) is 0. The first-order valence-corrected chi connectivity index (χ1v) is 8.55. The monoisotopic (exact) mass is 319 g/mol. The van der Waals surface area contributed by atoms with Crippen LogP contribution in [0, 0.1) is 5.92 Å². The molecule has 0 aromatic heterocycles. The molecule has 0 saturated heterocycles. The number of nitrogens with zero attached hydrogens (tertiary/aromatic N) is 1. The highest BCUT2D eigenvalue weighted by atomic mass is 35.5. The predicted octanol–water partition coefficient (Wildman–Crippen LogP) is 2.97. The molecule has 0 heterocycles. The van der Waals surface area contributed by atoms with Crippen LogP contribution in [0.3, 0.4) is 0 Å². The Morgan fingerprint density at radius 2 is 1.75 bits per heavy atom. The van der Waals surface area contributed by atoms with Gasteiger partial charge >= 0.3 is 0 Å². The summed E-state index contributed by atoms with van der Waals surface area (Å²) in [6, 6.07) is 6.35. The second-order valence-electron chi connectivity index (χ2n) is 5.01. The molecule has 6 heteroatoms. The molecular formula is C14H22ClNO3S. The van der Waals surface area contributed by atoms with Crippen LogP contribution < -0.4 is 4.74 Å². The van der Waals surface area contributed by atoms with E-state index in [-0.39, 0.29) is 16.9 Å². The molecule has 0 bridgehead atoms. The molecule has 1 unspecified atom stereocenters. The number of ether oxygens (including phenoxy) is 1. The lowest BCUT2D eigenvalue weighted by Crippen LogP contribution is -2.38. The van der Waals surface area contributed by atoms with Crippen molar-refractivity contribution in [2.75, 3.05) is 19.5 Å². The van der Waals surface area contributed by atoms with Crippen molar-refractivity contribution >= 4 is 21.6 Å². The Labute approximate surface area is 126 Å². The smallest absolute Gasteiger partial charge is 0.243 e. The summed E-state index contributed by atoms with van der Waals surface area (Å²) in [5, 5.41) is 0. The van der Waals surface area contributed by atoms with Crippen molar-refractivity contribution in [2.45, 2.75) is 31.7 Å². The Bertz CT molecular complexity index is 514. The van der Waals surface area contributed by atoms with Gasteiger partial charge < -0.3 is 4.74 Å². The van der Waals surface area contributed by atoms with Crippen molar-refractivity contribution in [3.05, 3.63) is 24.3 Å². The van der Waals surface area contributed by atoms with E-state index in [9.17, 15) is 8.42 Å². The summed E-state index contributed by atoms with van der Waals surface area (Å²) in [6.45, 7) is 6.30. The zero-order valence-corrected chi connectivity index (χ0v) is 13.9. The molecule has 1 aromatic rings. The zero-order valence-electron chi connectivity index (χ0n) is 12.3. The van der Waals surface area contributed by atoms with Crippen LogP contribution in [-0.4, -0.2) is 38.3 Å². The molecule has 0 N–H and O–H groups in total. The van der Waals surface area contributed by atoms with Crippen LogP contribution in [-0.2, 0) is 10.0 Å². The maximum Gasteiger partial charge on any atom is 0.243 e. The van der Waals surface area contributed by atoms with Crippen LogP contribution in [0.2, 0.25) is 0 Å². The molecule has 1 atom stereocenters. The van der Waals surface area contributed by atoms with Gasteiger partial charge in [-0.25, -0.2) is 8.42 Å². The first-order valence-electron chi connectivity index (χ1n) is 6.57. The van der Waals surface area contributed by atoms with E-state index in [1.54, 1.807) is 31.3 Å². The quantitative estimate of drug-likeness (QED) is 0.726. The average Bonchev–Trinajstić information content (AvgIpc) is 2.43. The first-order chi connectivity index (χ1) is 9.30. The zero-order chi connectivity index (χ0) is 15.3. The Balaban J connectivity index is 2.93. The number of rotatable bonds is 7. The number of benzene rings is 1. The minimum Gasteiger partial charge on any atom is -0.492 e. The third-order valence-corrected chi connectivity index (χ3v) is 5.50. The molecule has 0 radical (unpaired) electrons. The molecule has 0 aliphatic carbocycles. The van der Waals surface area contributed by atoms with Gasteiger partial charge in [0.1, 0.15) is 12.4 Å². The lowest BCUT2D eigenvalue weighted by atomic mass is 10.1. The van der Waals surface area contributed by atoms with Crippen molar-refractivity contribution < 1.29 is 13.2 Å². The van der Waals surface area contributed by atoms with Gasteiger partial charge in [0, 0.05) is 13.1 Å². The minimum atomic E-state index is -3.47. The van der Waals surface area contributed by atoms with Gasteiger partial charge in [0.25, 0.3) is 0 Å². The summed E-state index contributed by atoms with van der Waals surface area (Å²) in [5.74, 6) is 1.26. The first kappa shape index (κ1) is 17.3. The summed E-state index contributed by atoms with van der Waals surface area (Å²) < 4.78 is 31.7. The molecule has 0 fully saturated rings. The van der Waals surface area contributed by atoms with E-state index in [1.165, 1.54) is 4.31 Å². The van der Waals surface area contributed by atoms with E-state index in [4.69, 9.17) is 16.3 Å². The summed E-state index contributed by atoms with van der Waals surface area (Å²) in [4.78, 5) is 0.269. The number of hydrogen-bond donors (Lipinski definition) is 0. The van der Waals surface area contributed by atoms with E-state index in [2.05, 4.69) is 0 Å². The van der Waals surface area contributed by atoms with Crippen molar-refractivity contribution in [3.8, 4) is 5.75 Å². The van der Waals surface area contributed by atoms with E-state index < -0.39 is 10.0 Å². The Morgan fingerprint density at radius 1 is 1.20 bits per heavy atom. The highest BCUT2D eigenvalue weighted by Crippen LogP contribution is 2.22. The molecule has 20 heavy (non-hydrogen) atoms. The van der Waals surface area contributed by atoms with Gasteiger partial charge in [-0.05, 0) is 37.1 Å². The second kappa shape index (κ2) is 7.29. The van der Waals surface area contributed by atoms with Crippen molar-refractivity contribution in [3.63, 3.8) is 0 Å². The van der Waals surface area contributed by atoms with Gasteiger partial charge in [-0.15, -0.1) is 11.6 Å². The van der Waals surface area contributed by atoms with Crippen LogP contribution in [0.1, 0.15) is 20.8 Å². The summed E-state index contributed by atoms with van der Waals surface area (Å²) in [6.07, 6.45) is 0. The standard InChI is InChI=1S/C14H22ClNO3S/c1-11(2)12(3)16(4)20(17,18)14-7-5-13(6-8-14)19-10-9-15/h5-8,11-12H,9-10H2,1-4H3. The fraction of sp³-hybridized carbons (Fsp3) is 0.571. The highest BCUT2D eigenvalue weighted by Gasteiger charge is 2.26. The van der Waals surface area contributed by atoms with E-state index in [0.29, 0.717) is 18.2 Å². The topological polar surface area (TPSA) is 46.6 Å². The number of alkyl halides is 1. The summed E-state index contributed by atoms with van der Waals surface area (Å²) in [7, 11) is -1.86. The number of sulfonamides is 1. The van der Waals surface area contributed by atoms with Gasteiger partial charge in [-0.3, -0.25) is 0 Å². The summed E-state index contributed by atoms with van der Waals surface area (Å²) >= 11 is 5.53. The fourth-order valence-corrected chi connectivity index (χ4v) is 3.24. The van der Waals surface area contributed by atoms with Gasteiger partial charge in [0.05, 0.1) is 10.8 Å². The third kappa shape index (κ3) is 4.11. The molecule has 114 valence electrons. The lowest BCUT2D eigenvalue weighted by molar-refractivity contribution is 0.315. The van der Waals surface area contributed by atoms with Crippen LogP contribution in [0.25, 0.3) is 0 Å². The van der Waals surface area contributed by atoms with Gasteiger partial charge in [-0.1, -0.05) is 13.8 Å². The van der Waals surface area contributed by atoms with Crippen molar-refractivity contribution in [1.82, 2.24) is 4.31 Å². The molecule has 1 rings (SSSR count). The maximum absolute atomic E-state index is 12.5. The molecule has 0 spiro atoms. The molecular weight excluding hydrogens is 298 g/mol. The second-order valence-corrected chi connectivity index (χ2v) is 7.39. The predicted molar refractivity (Wildman–Crippen MR) is 81.9 cm³/mol. The molecule has 0 saturated carbocycles. The Kier molecular flexibility index (Phi) is 6.30. The van der Waals surface area contributed by atoms with E-state index in [1.807, 2.05) is 20.8 Å². The van der Waals surface area contributed by atoms with Crippen LogP contribution in [0.5, 0.6) is 5.75 Å². The van der Waals surface area contributed by atoms with Crippen molar-refractivity contribution in [1.29, 1.82) is 0 Å². The van der Waals surface area contributed by atoms with Crippen molar-refractivity contribution in [2.24, 2.45) is 5.92 Å². The molecule has 0 amide bonds. The van der Waals surface area contributed by atoms with E-state index >= 15 is 0 Å². The van der Waals surface area contributed by atoms with Gasteiger partial charge in [-0.2, -0.15) is 4.31 Å². The highest BCUT2D eigenvalue weighted by molar-refractivity contribution is 7.89. The number of hydrogen-bond acceptors (Lipinski definition) is 3. The third-order valence-electron chi connectivity index (χ3n) is 3.38. The van der Waals surface area contributed by atoms with Crippen LogP contribution in [0.15, 0.2) is 29.2 Å². The van der Waals surface area contributed by atoms with Gasteiger partial charge in [0.15, 0.2) is 0 Å². The Morgan fingerprint density at radius 3 is 2.20 bits per heavy atom. The largest absolute Gasteiger partial charge is 0.492 e. The normalized spacial score (nSPS) is 13.8. The molecule has 0 aliphatic heterocycles. The average molecular weight is 320 g/mol. The minimum absolute atomic E-state index is 0.0628. The molecule has 4 nitrogen and oxygen atoms in total. The maximum atomic E-state index is 12.5. The van der Waals surface area contributed by atoms with Crippen LogP contribution >= 0.6 is 11.6 Å². The molecule has 1 aromatic carbocycles. The van der Waals surface area contributed by atoms with E-state index in [0.717, 1.165) is 0 Å². The van der Waals surface area contributed by atoms with Crippen LogP contribution in [0.4, 0.5) is 0 Å². The van der Waals surface area contributed by atoms with Gasteiger partial charge in [0.2, 0.25) is 10.0 Å². The Hall–Kier alpha value is -0.780. The lowest BCUT2D eigenvalue weighted by Gasteiger charge is -2.27. The molecule has 0 aliphatic rings. The fourth-order valence-electron chi connectivity index (χ4n) is 1.67. The number of halogens is 1. The SMILES string of the molecule is CC(C)C(C)N(C)S(=O)(=O)c1ccc(OCCCl)cc1.